The molecule has 0 saturated heterocycles. The number of carbonyl (C=O) groups is 1. The zero-order valence-corrected chi connectivity index (χ0v) is 11.6. The zero-order chi connectivity index (χ0) is 13.8. The van der Waals surface area contributed by atoms with Crippen LogP contribution in [-0.2, 0) is 11.2 Å². The van der Waals surface area contributed by atoms with E-state index in [1.54, 1.807) is 11.3 Å². The highest BCUT2D eigenvalue weighted by atomic mass is 32.1. The number of nitrogens with one attached hydrogen (secondary N) is 1. The minimum atomic E-state index is -0.294. The number of nitrogens with two attached hydrogens (primary N) is 2. The number of hydrogen-bond acceptors (Lipinski definition) is 6. The maximum atomic E-state index is 10.7. The summed E-state index contributed by atoms with van der Waals surface area (Å²) in [6.45, 7) is 2.73. The van der Waals surface area contributed by atoms with Gasteiger partial charge in [-0.15, -0.1) is 11.3 Å². The molecule has 0 bridgehead atoms. The van der Waals surface area contributed by atoms with Crippen molar-refractivity contribution in [2.24, 2.45) is 5.73 Å². The average Bonchev–Trinajstić information content (AvgIpc) is 2.77. The number of nitrogen functional groups attached to an aromatic ring is 1. The fourth-order valence-corrected chi connectivity index (χ4v) is 2.74. The van der Waals surface area contributed by atoms with Gasteiger partial charge in [0, 0.05) is 17.8 Å². The second kappa shape index (κ2) is 5.83. The first kappa shape index (κ1) is 13.5. The molecule has 0 saturated carbocycles. The van der Waals surface area contributed by atoms with Gasteiger partial charge in [0.1, 0.15) is 10.6 Å². The van der Waals surface area contributed by atoms with Crippen LogP contribution < -0.4 is 16.8 Å². The highest BCUT2D eigenvalue weighted by Crippen LogP contribution is 2.29. The predicted molar refractivity (Wildman–Crippen MR) is 78.1 cm³/mol. The van der Waals surface area contributed by atoms with Gasteiger partial charge in [0.05, 0.1) is 5.39 Å². The fourth-order valence-electron chi connectivity index (χ4n) is 1.77. The Kier molecular flexibility index (Phi) is 4.16. The summed E-state index contributed by atoms with van der Waals surface area (Å²) in [5.74, 6) is 0.690. The molecule has 6 nitrogen and oxygen atoms in total. The van der Waals surface area contributed by atoms with E-state index in [-0.39, 0.29) is 11.9 Å². The summed E-state index contributed by atoms with van der Waals surface area (Å²) in [6, 6.07) is 2.08. The Morgan fingerprint density at radius 3 is 2.95 bits per heavy atom. The molecule has 102 valence electrons. The first-order valence-corrected chi connectivity index (χ1v) is 7.00. The molecule has 2 aromatic rings. The number of fused-ring (bicyclic) bond motifs is 1. The van der Waals surface area contributed by atoms with Gasteiger partial charge in [-0.3, -0.25) is 4.79 Å². The molecular weight excluding hydrogens is 262 g/mol. The smallest absolute Gasteiger partial charge is 0.223 e. The van der Waals surface area contributed by atoms with Crippen LogP contribution in [0.1, 0.15) is 24.6 Å². The van der Waals surface area contributed by atoms with Crippen molar-refractivity contribution in [3.05, 3.63) is 10.9 Å². The Morgan fingerprint density at radius 2 is 2.26 bits per heavy atom. The van der Waals surface area contributed by atoms with Gasteiger partial charge in [0.2, 0.25) is 11.9 Å². The highest BCUT2D eigenvalue weighted by molar-refractivity contribution is 7.18. The fraction of sp³-hybridized carbons (Fsp3) is 0.417. The van der Waals surface area contributed by atoms with Crippen LogP contribution in [-0.4, -0.2) is 22.4 Å². The third-order valence-electron chi connectivity index (χ3n) is 2.70. The van der Waals surface area contributed by atoms with E-state index in [2.05, 4.69) is 28.3 Å². The average molecular weight is 279 g/mol. The molecule has 0 spiro atoms. The summed E-state index contributed by atoms with van der Waals surface area (Å²) in [5.41, 5.74) is 10.8. The van der Waals surface area contributed by atoms with E-state index in [1.807, 2.05) is 0 Å². The van der Waals surface area contributed by atoms with Gasteiger partial charge < -0.3 is 16.8 Å². The SMILES string of the molecule is CCc1cc2c(NCCCC(N)=O)nc(N)nc2s1. The van der Waals surface area contributed by atoms with Gasteiger partial charge in [-0.25, -0.2) is 4.98 Å². The minimum Gasteiger partial charge on any atom is -0.370 e. The Labute approximate surface area is 115 Å². The van der Waals surface area contributed by atoms with E-state index in [1.165, 1.54) is 4.88 Å². The molecule has 7 heteroatoms. The lowest BCUT2D eigenvalue weighted by atomic mass is 10.3. The van der Waals surface area contributed by atoms with E-state index in [9.17, 15) is 4.79 Å². The predicted octanol–water partition coefficient (Wildman–Crippen LogP) is 1.51. The van der Waals surface area contributed by atoms with Crippen LogP contribution >= 0.6 is 11.3 Å². The van der Waals surface area contributed by atoms with Crippen molar-refractivity contribution in [3.8, 4) is 0 Å². The van der Waals surface area contributed by atoms with Crippen LogP contribution in [0.25, 0.3) is 10.2 Å². The summed E-state index contributed by atoms with van der Waals surface area (Å²) < 4.78 is 0. The van der Waals surface area contributed by atoms with Gasteiger partial charge in [-0.05, 0) is 18.9 Å². The number of carbonyl (C=O) groups excluding carboxylic acids is 1. The first-order valence-electron chi connectivity index (χ1n) is 6.18. The topological polar surface area (TPSA) is 107 Å². The lowest BCUT2D eigenvalue weighted by Gasteiger charge is -2.06. The number of thiophene rings is 1. The summed E-state index contributed by atoms with van der Waals surface area (Å²) in [6.07, 6.45) is 1.99. The molecule has 0 unspecified atom stereocenters. The number of rotatable bonds is 6. The van der Waals surface area contributed by atoms with E-state index < -0.39 is 0 Å². The van der Waals surface area contributed by atoms with Crippen molar-refractivity contribution in [3.63, 3.8) is 0 Å². The van der Waals surface area contributed by atoms with Crippen molar-refractivity contribution in [1.29, 1.82) is 0 Å². The number of hydrogen-bond donors (Lipinski definition) is 3. The van der Waals surface area contributed by atoms with E-state index >= 15 is 0 Å². The monoisotopic (exact) mass is 279 g/mol. The summed E-state index contributed by atoms with van der Waals surface area (Å²) in [7, 11) is 0. The highest BCUT2D eigenvalue weighted by Gasteiger charge is 2.09. The molecule has 0 fully saturated rings. The van der Waals surface area contributed by atoms with E-state index in [0.717, 1.165) is 22.5 Å². The lowest BCUT2D eigenvalue weighted by Crippen LogP contribution is -2.13. The standard InChI is InChI=1S/C12H17N5OS/c1-2-7-6-8-10(15-5-3-4-9(13)18)16-12(14)17-11(8)19-7/h6H,2-5H2,1H3,(H2,13,18)(H3,14,15,16,17). The van der Waals surface area contributed by atoms with Crippen molar-refractivity contribution < 1.29 is 4.79 Å². The molecule has 0 radical (unpaired) electrons. The molecule has 0 aliphatic heterocycles. The van der Waals surface area contributed by atoms with Crippen molar-refractivity contribution in [2.45, 2.75) is 26.2 Å². The summed E-state index contributed by atoms with van der Waals surface area (Å²) in [5, 5.41) is 4.17. The van der Waals surface area contributed by atoms with Crippen molar-refractivity contribution in [1.82, 2.24) is 9.97 Å². The number of nitrogens with zero attached hydrogens (tertiary/aromatic N) is 2. The molecule has 5 N–H and O–H groups in total. The van der Waals surface area contributed by atoms with Crippen LogP contribution in [0, 0.1) is 0 Å². The van der Waals surface area contributed by atoms with Crippen LogP contribution in [0.5, 0.6) is 0 Å². The Hall–Kier alpha value is -1.89. The number of anilines is 2. The minimum absolute atomic E-state index is 0.259. The molecule has 0 atom stereocenters. The van der Waals surface area contributed by atoms with Gasteiger partial charge in [0.15, 0.2) is 0 Å². The lowest BCUT2D eigenvalue weighted by molar-refractivity contribution is -0.118. The molecule has 2 rings (SSSR count). The van der Waals surface area contributed by atoms with Crippen molar-refractivity contribution >= 4 is 39.2 Å². The van der Waals surface area contributed by atoms with Gasteiger partial charge in [-0.1, -0.05) is 6.92 Å². The molecule has 1 amide bonds. The van der Waals surface area contributed by atoms with Crippen LogP contribution in [0.4, 0.5) is 11.8 Å². The Morgan fingerprint density at radius 1 is 1.47 bits per heavy atom. The van der Waals surface area contributed by atoms with Crippen LogP contribution in [0.3, 0.4) is 0 Å². The number of aromatic nitrogens is 2. The quantitative estimate of drug-likeness (QED) is 0.695. The van der Waals surface area contributed by atoms with E-state index in [4.69, 9.17) is 11.5 Å². The number of aryl methyl sites for hydroxylation is 1. The Balaban J connectivity index is 2.16. The molecule has 2 heterocycles. The Bertz CT molecular complexity index is 595. The molecule has 0 aliphatic rings. The largest absolute Gasteiger partial charge is 0.370 e. The third-order valence-corrected chi connectivity index (χ3v) is 3.88. The maximum Gasteiger partial charge on any atom is 0.223 e. The van der Waals surface area contributed by atoms with Crippen LogP contribution in [0.2, 0.25) is 0 Å². The van der Waals surface area contributed by atoms with Crippen LogP contribution in [0.15, 0.2) is 6.07 Å². The molecule has 0 aliphatic carbocycles. The van der Waals surface area contributed by atoms with Gasteiger partial charge in [-0.2, -0.15) is 4.98 Å². The summed E-state index contributed by atoms with van der Waals surface area (Å²) >= 11 is 1.62. The number of amides is 1. The molecular formula is C12H17N5OS. The van der Waals surface area contributed by atoms with Crippen molar-refractivity contribution in [2.75, 3.05) is 17.6 Å². The summed E-state index contributed by atoms with van der Waals surface area (Å²) in [4.78, 5) is 21.2. The first-order chi connectivity index (χ1) is 9.10. The maximum absolute atomic E-state index is 10.7. The molecule has 2 aromatic heterocycles. The zero-order valence-electron chi connectivity index (χ0n) is 10.8. The molecule has 0 aromatic carbocycles. The normalized spacial score (nSPS) is 10.8. The van der Waals surface area contributed by atoms with Gasteiger partial charge in [0.25, 0.3) is 0 Å². The molecule has 19 heavy (non-hydrogen) atoms. The second-order valence-corrected chi connectivity index (χ2v) is 5.33. The number of primary amides is 1. The second-order valence-electron chi connectivity index (χ2n) is 4.21. The van der Waals surface area contributed by atoms with E-state index in [0.29, 0.717) is 19.4 Å². The van der Waals surface area contributed by atoms with Gasteiger partial charge >= 0.3 is 0 Å². The third kappa shape index (κ3) is 3.31.